The van der Waals surface area contributed by atoms with Crippen LogP contribution in [0.2, 0.25) is 0 Å². The highest BCUT2D eigenvalue weighted by atomic mass is 79.9. The summed E-state index contributed by atoms with van der Waals surface area (Å²) in [5.74, 6) is -0.0215. The van der Waals surface area contributed by atoms with Gasteiger partial charge < -0.3 is 10.2 Å². The lowest BCUT2D eigenvalue weighted by Gasteiger charge is -2.24. The predicted octanol–water partition coefficient (Wildman–Crippen LogP) is 2.98. The highest BCUT2D eigenvalue weighted by Gasteiger charge is 2.25. The van der Waals surface area contributed by atoms with Crippen LogP contribution in [-0.4, -0.2) is 23.5 Å². The molecule has 0 radical (unpaired) electrons. The third kappa shape index (κ3) is 2.99. The second kappa shape index (κ2) is 5.95. The normalized spacial score (nSPS) is 18.0. The maximum absolute atomic E-state index is 12.9. The minimum absolute atomic E-state index is 0.0215. The number of carbonyl (C=O) groups is 1. The van der Waals surface area contributed by atoms with E-state index in [-0.39, 0.29) is 11.9 Å². The maximum atomic E-state index is 12.9. The average Bonchev–Trinajstić information content (AvgIpc) is 2.66. The Labute approximate surface area is 132 Å². The van der Waals surface area contributed by atoms with Crippen molar-refractivity contribution >= 4 is 27.5 Å². The number of hydrogen-bond acceptors (Lipinski definition) is 3. The zero-order valence-electron chi connectivity index (χ0n) is 11.7. The summed E-state index contributed by atoms with van der Waals surface area (Å²) in [6.45, 7) is 3.51. The van der Waals surface area contributed by atoms with Gasteiger partial charge in [-0.1, -0.05) is 18.2 Å². The number of anilines is 1. The Morgan fingerprint density at radius 1 is 1.38 bits per heavy atom. The second-order valence-corrected chi connectivity index (χ2v) is 6.13. The van der Waals surface area contributed by atoms with Crippen molar-refractivity contribution in [1.82, 2.24) is 10.3 Å². The molecule has 0 saturated carbocycles. The van der Waals surface area contributed by atoms with Crippen LogP contribution < -0.4 is 10.2 Å². The SMILES string of the molecule is CC1CN(C(=O)c2cncc(Br)c2)c2ccccc2CN1. The molecule has 1 amide bonds. The number of carbonyl (C=O) groups excluding carboxylic acids is 1. The number of nitrogens with one attached hydrogen (secondary N) is 1. The number of amides is 1. The highest BCUT2D eigenvalue weighted by molar-refractivity contribution is 9.10. The summed E-state index contributed by atoms with van der Waals surface area (Å²) >= 11 is 3.37. The molecule has 1 N–H and O–H groups in total. The van der Waals surface area contributed by atoms with Crippen LogP contribution in [0.5, 0.6) is 0 Å². The van der Waals surface area contributed by atoms with Crippen LogP contribution in [-0.2, 0) is 6.54 Å². The molecular weight excluding hydrogens is 330 g/mol. The standard InChI is InChI=1S/C16H16BrN3O/c1-11-10-20(15-5-3-2-4-12(15)8-19-11)16(21)13-6-14(17)9-18-7-13/h2-7,9,11,19H,8,10H2,1H3. The van der Waals surface area contributed by atoms with Crippen molar-refractivity contribution in [3.8, 4) is 0 Å². The lowest BCUT2D eigenvalue weighted by Crippen LogP contribution is -2.39. The van der Waals surface area contributed by atoms with Crippen molar-refractivity contribution in [3.05, 3.63) is 58.3 Å². The topological polar surface area (TPSA) is 45.2 Å². The highest BCUT2D eigenvalue weighted by Crippen LogP contribution is 2.25. The van der Waals surface area contributed by atoms with Crippen LogP contribution in [0.1, 0.15) is 22.8 Å². The third-order valence-corrected chi connectivity index (χ3v) is 4.01. The minimum atomic E-state index is -0.0215. The number of rotatable bonds is 1. The minimum Gasteiger partial charge on any atom is -0.308 e. The first-order chi connectivity index (χ1) is 10.1. The third-order valence-electron chi connectivity index (χ3n) is 3.58. The molecule has 4 nitrogen and oxygen atoms in total. The first-order valence-corrected chi connectivity index (χ1v) is 7.68. The summed E-state index contributed by atoms with van der Waals surface area (Å²) in [7, 11) is 0. The van der Waals surface area contributed by atoms with E-state index in [9.17, 15) is 4.79 Å². The van der Waals surface area contributed by atoms with Gasteiger partial charge in [-0.2, -0.15) is 0 Å². The molecule has 0 bridgehead atoms. The van der Waals surface area contributed by atoms with Crippen molar-refractivity contribution in [2.75, 3.05) is 11.4 Å². The van der Waals surface area contributed by atoms with Gasteiger partial charge in [0.15, 0.2) is 0 Å². The van der Waals surface area contributed by atoms with Gasteiger partial charge in [-0.3, -0.25) is 9.78 Å². The fourth-order valence-electron chi connectivity index (χ4n) is 2.52. The van der Waals surface area contributed by atoms with Crippen molar-refractivity contribution in [1.29, 1.82) is 0 Å². The number of fused-ring (bicyclic) bond motifs is 1. The van der Waals surface area contributed by atoms with Gasteiger partial charge in [0.25, 0.3) is 5.91 Å². The lowest BCUT2D eigenvalue weighted by molar-refractivity contribution is 0.0985. The number of aromatic nitrogens is 1. The van der Waals surface area contributed by atoms with Gasteiger partial charge in [-0.15, -0.1) is 0 Å². The van der Waals surface area contributed by atoms with E-state index in [1.165, 1.54) is 0 Å². The molecule has 2 aromatic rings. The number of para-hydroxylation sites is 1. The first kappa shape index (κ1) is 14.2. The molecule has 108 valence electrons. The van der Waals surface area contributed by atoms with Gasteiger partial charge in [0, 0.05) is 41.7 Å². The molecule has 0 aliphatic carbocycles. The Bertz CT molecular complexity index is 674. The average molecular weight is 346 g/mol. The lowest BCUT2D eigenvalue weighted by atomic mass is 10.1. The Morgan fingerprint density at radius 2 is 2.19 bits per heavy atom. The Morgan fingerprint density at radius 3 is 3.00 bits per heavy atom. The van der Waals surface area contributed by atoms with E-state index in [2.05, 4.69) is 39.2 Å². The van der Waals surface area contributed by atoms with Gasteiger partial charge in [0.1, 0.15) is 0 Å². The smallest absolute Gasteiger partial charge is 0.259 e. The molecule has 0 saturated heterocycles. The summed E-state index contributed by atoms with van der Waals surface area (Å²) in [6, 6.07) is 10.1. The van der Waals surface area contributed by atoms with Gasteiger partial charge in [0.05, 0.1) is 5.56 Å². The van der Waals surface area contributed by atoms with Crippen LogP contribution in [0.4, 0.5) is 5.69 Å². The van der Waals surface area contributed by atoms with Crippen molar-refractivity contribution in [2.24, 2.45) is 0 Å². The molecular formula is C16H16BrN3O. The fraction of sp³-hybridized carbons (Fsp3) is 0.250. The van der Waals surface area contributed by atoms with Gasteiger partial charge in [-0.25, -0.2) is 0 Å². The van der Waals surface area contributed by atoms with E-state index in [0.29, 0.717) is 12.1 Å². The van der Waals surface area contributed by atoms with Gasteiger partial charge >= 0.3 is 0 Å². The molecule has 0 spiro atoms. The summed E-state index contributed by atoms with van der Waals surface area (Å²) in [4.78, 5) is 18.8. The van der Waals surface area contributed by atoms with E-state index in [4.69, 9.17) is 0 Å². The van der Waals surface area contributed by atoms with Crippen LogP contribution in [0.3, 0.4) is 0 Å². The molecule has 0 fully saturated rings. The van der Waals surface area contributed by atoms with Crippen LogP contribution in [0.25, 0.3) is 0 Å². The van der Waals surface area contributed by atoms with E-state index in [0.717, 1.165) is 22.3 Å². The van der Waals surface area contributed by atoms with E-state index in [1.807, 2.05) is 23.1 Å². The summed E-state index contributed by atoms with van der Waals surface area (Å²) in [5.41, 5.74) is 2.70. The van der Waals surface area contributed by atoms with Crippen LogP contribution in [0.15, 0.2) is 47.2 Å². The van der Waals surface area contributed by atoms with Crippen molar-refractivity contribution in [3.63, 3.8) is 0 Å². The zero-order chi connectivity index (χ0) is 14.8. The first-order valence-electron chi connectivity index (χ1n) is 6.89. The monoisotopic (exact) mass is 345 g/mol. The molecule has 1 aromatic heterocycles. The number of pyridine rings is 1. The largest absolute Gasteiger partial charge is 0.308 e. The molecule has 2 heterocycles. The van der Waals surface area contributed by atoms with Gasteiger partial charge in [0.2, 0.25) is 0 Å². The molecule has 1 aliphatic rings. The molecule has 5 heteroatoms. The zero-order valence-corrected chi connectivity index (χ0v) is 13.3. The van der Waals surface area contributed by atoms with E-state index >= 15 is 0 Å². The number of nitrogens with zero attached hydrogens (tertiary/aromatic N) is 2. The molecule has 3 rings (SSSR count). The Kier molecular flexibility index (Phi) is 4.03. The number of halogens is 1. The summed E-state index contributed by atoms with van der Waals surface area (Å²) < 4.78 is 0.808. The Balaban J connectivity index is 2.01. The molecule has 1 unspecified atom stereocenters. The fourth-order valence-corrected chi connectivity index (χ4v) is 2.89. The van der Waals surface area contributed by atoms with Crippen molar-refractivity contribution in [2.45, 2.75) is 19.5 Å². The summed E-state index contributed by atoms with van der Waals surface area (Å²) in [5, 5.41) is 3.43. The maximum Gasteiger partial charge on any atom is 0.259 e. The van der Waals surface area contributed by atoms with Crippen molar-refractivity contribution < 1.29 is 4.79 Å². The second-order valence-electron chi connectivity index (χ2n) is 5.22. The molecule has 1 atom stereocenters. The van der Waals surface area contributed by atoms with E-state index < -0.39 is 0 Å². The van der Waals surface area contributed by atoms with E-state index in [1.54, 1.807) is 18.5 Å². The van der Waals surface area contributed by atoms with Crippen LogP contribution in [0, 0.1) is 0 Å². The molecule has 1 aliphatic heterocycles. The van der Waals surface area contributed by atoms with Crippen LogP contribution >= 0.6 is 15.9 Å². The number of hydrogen-bond donors (Lipinski definition) is 1. The van der Waals surface area contributed by atoms with Gasteiger partial charge in [-0.05, 0) is 40.5 Å². The Hall–Kier alpha value is -1.72. The molecule has 1 aromatic carbocycles. The summed E-state index contributed by atoms with van der Waals surface area (Å²) in [6.07, 6.45) is 3.29. The quantitative estimate of drug-likeness (QED) is 0.864. The molecule has 21 heavy (non-hydrogen) atoms. The predicted molar refractivity (Wildman–Crippen MR) is 86.4 cm³/mol. The number of benzene rings is 1.